The molecule has 0 aromatic heterocycles. The van der Waals surface area contributed by atoms with Crippen molar-refractivity contribution in [2.45, 2.75) is 31.0 Å². The van der Waals surface area contributed by atoms with Crippen molar-refractivity contribution in [3.05, 3.63) is 34.1 Å². The van der Waals surface area contributed by atoms with Crippen molar-refractivity contribution >= 4 is 27.7 Å². The molecule has 1 spiro atoms. The number of hydrogen-bond donors (Lipinski definition) is 1. The van der Waals surface area contributed by atoms with E-state index < -0.39 is 6.10 Å². The van der Waals surface area contributed by atoms with Crippen molar-refractivity contribution in [1.82, 2.24) is 0 Å². The van der Waals surface area contributed by atoms with E-state index in [1.165, 1.54) is 12.1 Å². The molecular weight excluding hydrogens is 343 g/mol. The van der Waals surface area contributed by atoms with Crippen LogP contribution >= 0.6 is 27.7 Å². The Labute approximate surface area is 131 Å². The Bertz CT molecular complexity index is 491. The van der Waals surface area contributed by atoms with E-state index in [-0.39, 0.29) is 17.3 Å². The van der Waals surface area contributed by atoms with Crippen LogP contribution in [0.2, 0.25) is 0 Å². The molecule has 2 fully saturated rings. The normalized spacial score (nSPS) is 31.6. The van der Waals surface area contributed by atoms with Crippen LogP contribution in [-0.2, 0) is 4.74 Å². The molecule has 2 nitrogen and oxygen atoms in total. The molecule has 2 heterocycles. The Morgan fingerprint density at radius 1 is 1.50 bits per heavy atom. The van der Waals surface area contributed by atoms with Crippen molar-refractivity contribution in [2.75, 3.05) is 18.1 Å². The molecule has 2 saturated heterocycles. The summed E-state index contributed by atoms with van der Waals surface area (Å²) in [5, 5.41) is 10.6. The maximum atomic E-state index is 13.2. The average Bonchev–Trinajstić information content (AvgIpc) is 2.86. The maximum Gasteiger partial charge on any atom is 0.124 e. The molecule has 0 saturated carbocycles. The zero-order valence-corrected chi connectivity index (χ0v) is 13.6. The quantitative estimate of drug-likeness (QED) is 0.866. The molecule has 3 unspecified atom stereocenters. The van der Waals surface area contributed by atoms with Gasteiger partial charge in [-0.1, -0.05) is 22.0 Å². The average molecular weight is 361 g/mol. The second-order valence-electron chi connectivity index (χ2n) is 5.70. The second kappa shape index (κ2) is 5.95. The highest BCUT2D eigenvalue weighted by Crippen LogP contribution is 2.44. The summed E-state index contributed by atoms with van der Waals surface area (Å²) in [5.74, 6) is 2.07. The molecule has 0 aliphatic carbocycles. The van der Waals surface area contributed by atoms with Crippen LogP contribution in [0, 0.1) is 11.7 Å². The summed E-state index contributed by atoms with van der Waals surface area (Å²) in [6, 6.07) is 4.50. The van der Waals surface area contributed by atoms with Gasteiger partial charge in [0.25, 0.3) is 0 Å². The number of hydrogen-bond acceptors (Lipinski definition) is 3. The number of ether oxygens (including phenoxy) is 1. The number of benzene rings is 1. The van der Waals surface area contributed by atoms with Crippen LogP contribution in [0.4, 0.5) is 4.39 Å². The van der Waals surface area contributed by atoms with Crippen LogP contribution in [-0.4, -0.2) is 28.8 Å². The predicted octanol–water partition coefficient (Wildman–Crippen LogP) is 3.92. The number of aliphatic hydroxyl groups is 1. The van der Waals surface area contributed by atoms with E-state index >= 15 is 0 Å². The third kappa shape index (κ3) is 2.91. The lowest BCUT2D eigenvalue weighted by molar-refractivity contribution is -0.102. The molecule has 0 amide bonds. The third-order valence-electron chi connectivity index (χ3n) is 4.33. The van der Waals surface area contributed by atoms with Gasteiger partial charge < -0.3 is 9.84 Å². The van der Waals surface area contributed by atoms with Gasteiger partial charge >= 0.3 is 0 Å². The van der Waals surface area contributed by atoms with E-state index in [9.17, 15) is 9.50 Å². The maximum absolute atomic E-state index is 13.2. The minimum atomic E-state index is -0.559. The topological polar surface area (TPSA) is 29.5 Å². The summed E-state index contributed by atoms with van der Waals surface area (Å²) in [4.78, 5) is 0. The minimum Gasteiger partial charge on any atom is -0.388 e. The summed E-state index contributed by atoms with van der Waals surface area (Å²) in [6.45, 7) is 0.709. The van der Waals surface area contributed by atoms with E-state index in [0.29, 0.717) is 11.1 Å². The lowest BCUT2D eigenvalue weighted by atomic mass is 9.80. The first-order valence-corrected chi connectivity index (χ1v) is 8.89. The first-order valence-electron chi connectivity index (χ1n) is 6.94. The minimum absolute atomic E-state index is 0.0406. The molecule has 3 atom stereocenters. The van der Waals surface area contributed by atoms with Crippen LogP contribution in [0.1, 0.15) is 30.9 Å². The van der Waals surface area contributed by atoms with E-state index in [1.54, 1.807) is 6.07 Å². The summed E-state index contributed by atoms with van der Waals surface area (Å²) >= 11 is 5.28. The van der Waals surface area contributed by atoms with E-state index in [4.69, 9.17) is 4.74 Å². The highest BCUT2D eigenvalue weighted by atomic mass is 79.9. The molecule has 2 aliphatic heterocycles. The van der Waals surface area contributed by atoms with Crippen LogP contribution in [0.15, 0.2) is 22.7 Å². The van der Waals surface area contributed by atoms with Gasteiger partial charge in [-0.15, -0.1) is 0 Å². The Morgan fingerprint density at radius 2 is 2.35 bits per heavy atom. The zero-order chi connectivity index (χ0) is 14.2. The number of aliphatic hydroxyl groups excluding tert-OH is 1. The van der Waals surface area contributed by atoms with E-state index in [0.717, 1.165) is 36.3 Å². The van der Waals surface area contributed by atoms with Crippen LogP contribution in [0.3, 0.4) is 0 Å². The fraction of sp³-hybridized carbons (Fsp3) is 0.600. The molecule has 1 N–H and O–H groups in total. The Hall–Kier alpha value is -0.100. The van der Waals surface area contributed by atoms with Crippen LogP contribution in [0.5, 0.6) is 0 Å². The van der Waals surface area contributed by atoms with Gasteiger partial charge in [0.15, 0.2) is 0 Å². The van der Waals surface area contributed by atoms with Gasteiger partial charge in [0, 0.05) is 16.8 Å². The van der Waals surface area contributed by atoms with E-state index in [1.807, 2.05) is 11.8 Å². The lowest BCUT2D eigenvalue weighted by Crippen LogP contribution is -2.41. The molecular formula is C15H18BrFO2S. The molecule has 1 aromatic rings. The fourth-order valence-electron chi connectivity index (χ4n) is 3.19. The largest absolute Gasteiger partial charge is 0.388 e. The summed E-state index contributed by atoms with van der Waals surface area (Å²) < 4.78 is 19.8. The third-order valence-corrected chi connectivity index (χ3v) is 6.24. The van der Waals surface area contributed by atoms with Gasteiger partial charge in [0.2, 0.25) is 0 Å². The standard InChI is InChI=1S/C15H18BrFO2S/c16-13-7-11(17)1-2-12(13)14(18)10-3-5-19-15(8-10)4-6-20-9-15/h1-2,7,10,14,18H,3-6,8-9H2. The first-order chi connectivity index (χ1) is 9.60. The van der Waals surface area contributed by atoms with Crippen molar-refractivity contribution in [3.8, 4) is 0 Å². The zero-order valence-electron chi connectivity index (χ0n) is 11.1. The SMILES string of the molecule is OC(c1ccc(F)cc1Br)C1CCOC2(CCSC2)C1. The van der Waals surface area contributed by atoms with Crippen molar-refractivity contribution in [3.63, 3.8) is 0 Å². The Balaban J connectivity index is 1.77. The fourth-order valence-corrected chi connectivity index (χ4v) is 5.16. The number of thioether (sulfide) groups is 1. The molecule has 1 aromatic carbocycles. The summed E-state index contributed by atoms with van der Waals surface area (Å²) in [5.41, 5.74) is 0.736. The van der Waals surface area contributed by atoms with Crippen molar-refractivity contribution in [2.24, 2.45) is 5.92 Å². The van der Waals surface area contributed by atoms with Gasteiger partial charge in [-0.05, 0) is 48.6 Å². The highest BCUT2D eigenvalue weighted by molar-refractivity contribution is 9.10. The van der Waals surface area contributed by atoms with Crippen LogP contribution < -0.4 is 0 Å². The Morgan fingerprint density at radius 3 is 3.05 bits per heavy atom. The van der Waals surface area contributed by atoms with Gasteiger partial charge in [0.05, 0.1) is 11.7 Å². The molecule has 5 heteroatoms. The second-order valence-corrected chi connectivity index (χ2v) is 7.66. The molecule has 2 aliphatic rings. The van der Waals surface area contributed by atoms with E-state index in [2.05, 4.69) is 15.9 Å². The van der Waals surface area contributed by atoms with Crippen molar-refractivity contribution in [1.29, 1.82) is 0 Å². The van der Waals surface area contributed by atoms with Crippen LogP contribution in [0.25, 0.3) is 0 Å². The van der Waals surface area contributed by atoms with Gasteiger partial charge in [-0.25, -0.2) is 4.39 Å². The molecule has 0 bridgehead atoms. The monoisotopic (exact) mass is 360 g/mol. The Kier molecular flexibility index (Phi) is 4.41. The van der Waals surface area contributed by atoms with Gasteiger partial charge in [-0.3, -0.25) is 0 Å². The van der Waals surface area contributed by atoms with Crippen molar-refractivity contribution < 1.29 is 14.2 Å². The predicted molar refractivity (Wildman–Crippen MR) is 82.4 cm³/mol. The lowest BCUT2D eigenvalue weighted by Gasteiger charge is -2.39. The summed E-state index contributed by atoms with van der Waals surface area (Å²) in [6.07, 6.45) is 2.27. The molecule has 0 radical (unpaired) electrons. The number of rotatable bonds is 2. The van der Waals surface area contributed by atoms with Gasteiger partial charge in [-0.2, -0.15) is 11.8 Å². The first kappa shape index (κ1) is 14.8. The molecule has 110 valence electrons. The number of halogens is 2. The smallest absolute Gasteiger partial charge is 0.124 e. The highest BCUT2D eigenvalue weighted by Gasteiger charge is 2.42. The van der Waals surface area contributed by atoms with Gasteiger partial charge in [0.1, 0.15) is 5.82 Å². The molecule has 20 heavy (non-hydrogen) atoms. The molecule has 3 rings (SSSR count). The summed E-state index contributed by atoms with van der Waals surface area (Å²) in [7, 11) is 0.